The summed E-state index contributed by atoms with van der Waals surface area (Å²) in [7, 11) is 1.56. The second-order valence-corrected chi connectivity index (χ2v) is 4.69. The summed E-state index contributed by atoms with van der Waals surface area (Å²) in [5.74, 6) is 0. The molecule has 1 N–H and O–H groups in total. The van der Waals surface area contributed by atoms with E-state index in [2.05, 4.69) is 0 Å². The lowest BCUT2D eigenvalue weighted by Gasteiger charge is -2.36. The van der Waals surface area contributed by atoms with E-state index < -0.39 is 11.8 Å². The lowest BCUT2D eigenvalue weighted by molar-refractivity contribution is -0.161. The van der Waals surface area contributed by atoms with Crippen LogP contribution in [0.5, 0.6) is 0 Å². The average Bonchev–Trinajstić information content (AvgIpc) is 2.82. The van der Waals surface area contributed by atoms with Gasteiger partial charge in [0.15, 0.2) is 5.72 Å². The van der Waals surface area contributed by atoms with Gasteiger partial charge in [0.1, 0.15) is 0 Å². The van der Waals surface area contributed by atoms with Crippen molar-refractivity contribution < 1.29 is 19.4 Å². The maximum absolute atomic E-state index is 11.3. The predicted molar refractivity (Wildman–Crippen MR) is 69.8 cm³/mol. The molecular formula is C14H19NO4. The van der Waals surface area contributed by atoms with Crippen LogP contribution in [0.25, 0.3) is 0 Å². The molecule has 0 radical (unpaired) electrons. The van der Waals surface area contributed by atoms with E-state index in [-0.39, 0.29) is 6.61 Å². The molecule has 0 aliphatic carbocycles. The van der Waals surface area contributed by atoms with Crippen LogP contribution in [-0.4, -0.2) is 42.1 Å². The van der Waals surface area contributed by atoms with Gasteiger partial charge >= 0.3 is 6.09 Å². The summed E-state index contributed by atoms with van der Waals surface area (Å²) in [6.07, 6.45) is 0.507. The van der Waals surface area contributed by atoms with Crippen molar-refractivity contribution in [1.29, 1.82) is 0 Å². The Kier molecular flexibility index (Phi) is 4.39. The molecule has 1 aromatic rings. The Balaban J connectivity index is 2.09. The molecular weight excluding hydrogens is 246 g/mol. The first-order valence-electron chi connectivity index (χ1n) is 6.35. The molecule has 1 saturated heterocycles. The molecule has 5 heteroatoms. The lowest BCUT2D eigenvalue weighted by atomic mass is 10.1. The Hall–Kier alpha value is -1.59. The highest BCUT2D eigenvalue weighted by molar-refractivity contribution is 5.66. The quantitative estimate of drug-likeness (QED) is 0.887. The highest BCUT2D eigenvalue weighted by atomic mass is 16.6. The van der Waals surface area contributed by atoms with Crippen molar-refractivity contribution in [1.82, 2.24) is 4.90 Å². The first-order chi connectivity index (χ1) is 9.18. The van der Waals surface area contributed by atoms with Gasteiger partial charge in [0, 0.05) is 13.7 Å². The van der Waals surface area contributed by atoms with Gasteiger partial charge in [0.05, 0.1) is 13.2 Å². The molecule has 1 aromatic carbocycles. The maximum Gasteiger partial charge on any atom is 0.409 e. The van der Waals surface area contributed by atoms with E-state index >= 15 is 0 Å². The number of rotatable bonds is 5. The predicted octanol–water partition coefficient (Wildman–Crippen LogP) is 2.32. The van der Waals surface area contributed by atoms with Crippen molar-refractivity contribution in [2.75, 3.05) is 20.3 Å². The zero-order valence-corrected chi connectivity index (χ0v) is 11.0. The van der Waals surface area contributed by atoms with Crippen LogP contribution in [0.4, 0.5) is 4.79 Å². The topological polar surface area (TPSA) is 59.0 Å². The van der Waals surface area contributed by atoms with Crippen LogP contribution in [0.2, 0.25) is 0 Å². The summed E-state index contributed by atoms with van der Waals surface area (Å²) >= 11 is 0. The normalized spacial score (nSPS) is 22.7. The van der Waals surface area contributed by atoms with Gasteiger partial charge in [-0.2, -0.15) is 0 Å². The third kappa shape index (κ3) is 3.05. The number of ether oxygens (including phenoxy) is 2. The Morgan fingerprint density at radius 2 is 2.16 bits per heavy atom. The Morgan fingerprint density at radius 3 is 2.79 bits per heavy atom. The van der Waals surface area contributed by atoms with Crippen LogP contribution in [0, 0.1) is 0 Å². The van der Waals surface area contributed by atoms with Crippen molar-refractivity contribution >= 4 is 6.09 Å². The molecule has 1 fully saturated rings. The van der Waals surface area contributed by atoms with Crippen molar-refractivity contribution in [2.45, 2.75) is 25.2 Å². The van der Waals surface area contributed by atoms with Gasteiger partial charge in [-0.1, -0.05) is 30.3 Å². The first-order valence-corrected chi connectivity index (χ1v) is 6.35. The molecule has 1 unspecified atom stereocenters. The summed E-state index contributed by atoms with van der Waals surface area (Å²) in [5.41, 5.74) is 0.173. The third-order valence-corrected chi connectivity index (χ3v) is 3.39. The standard InChI is InChI=1S/C14H19NO4/c1-18-11-14(8-5-9-15(14)13(16)17)19-10-12-6-3-2-4-7-12/h2-4,6-7H,5,8-11H2,1H3,(H,16,17). The summed E-state index contributed by atoms with van der Waals surface area (Å²) in [6, 6.07) is 9.73. The fourth-order valence-electron chi connectivity index (χ4n) is 2.48. The Morgan fingerprint density at radius 1 is 1.42 bits per heavy atom. The van der Waals surface area contributed by atoms with E-state index in [1.165, 1.54) is 4.90 Å². The van der Waals surface area contributed by atoms with Gasteiger partial charge in [-0.25, -0.2) is 4.79 Å². The summed E-state index contributed by atoms with van der Waals surface area (Å²) < 4.78 is 11.1. The average molecular weight is 265 g/mol. The third-order valence-electron chi connectivity index (χ3n) is 3.39. The van der Waals surface area contributed by atoms with Crippen LogP contribution in [-0.2, 0) is 16.1 Å². The van der Waals surface area contributed by atoms with Crippen LogP contribution < -0.4 is 0 Å². The van der Waals surface area contributed by atoms with E-state index in [0.717, 1.165) is 12.0 Å². The molecule has 0 bridgehead atoms. The summed E-state index contributed by atoms with van der Waals surface area (Å²) in [6.45, 7) is 1.13. The molecule has 1 atom stereocenters. The molecule has 1 aliphatic heterocycles. The molecule has 0 spiro atoms. The molecule has 2 rings (SSSR count). The molecule has 19 heavy (non-hydrogen) atoms. The van der Waals surface area contributed by atoms with Crippen molar-refractivity contribution in [3.8, 4) is 0 Å². The lowest BCUT2D eigenvalue weighted by Crippen LogP contribution is -2.51. The van der Waals surface area contributed by atoms with E-state index in [0.29, 0.717) is 19.6 Å². The van der Waals surface area contributed by atoms with E-state index in [4.69, 9.17) is 9.47 Å². The highest BCUT2D eigenvalue weighted by Gasteiger charge is 2.45. The molecule has 104 valence electrons. The summed E-state index contributed by atoms with van der Waals surface area (Å²) in [4.78, 5) is 12.6. The van der Waals surface area contributed by atoms with E-state index in [1.807, 2.05) is 30.3 Å². The number of nitrogens with zero attached hydrogens (tertiary/aromatic N) is 1. The minimum absolute atomic E-state index is 0.256. The number of benzene rings is 1. The highest BCUT2D eigenvalue weighted by Crippen LogP contribution is 2.32. The molecule has 0 aromatic heterocycles. The van der Waals surface area contributed by atoms with Crippen LogP contribution in [0.1, 0.15) is 18.4 Å². The smallest absolute Gasteiger partial charge is 0.409 e. The van der Waals surface area contributed by atoms with Gasteiger partial charge in [-0.05, 0) is 18.4 Å². The van der Waals surface area contributed by atoms with Crippen molar-refractivity contribution in [3.63, 3.8) is 0 Å². The minimum atomic E-state index is -0.956. The monoisotopic (exact) mass is 265 g/mol. The number of hydrogen-bond acceptors (Lipinski definition) is 3. The second-order valence-electron chi connectivity index (χ2n) is 4.69. The Labute approximate surface area is 112 Å². The van der Waals surface area contributed by atoms with E-state index in [1.54, 1.807) is 7.11 Å². The van der Waals surface area contributed by atoms with Gasteiger partial charge in [-0.15, -0.1) is 0 Å². The number of methoxy groups -OCH3 is 1. The van der Waals surface area contributed by atoms with E-state index in [9.17, 15) is 9.90 Å². The van der Waals surface area contributed by atoms with Gasteiger partial charge < -0.3 is 14.6 Å². The zero-order chi connectivity index (χ0) is 13.7. The Bertz CT molecular complexity index is 423. The largest absolute Gasteiger partial charge is 0.465 e. The molecule has 0 saturated carbocycles. The SMILES string of the molecule is COCC1(OCc2ccccc2)CCCN1C(=O)O. The van der Waals surface area contributed by atoms with Crippen molar-refractivity contribution in [3.05, 3.63) is 35.9 Å². The fraction of sp³-hybridized carbons (Fsp3) is 0.500. The zero-order valence-electron chi connectivity index (χ0n) is 11.0. The minimum Gasteiger partial charge on any atom is -0.465 e. The van der Waals surface area contributed by atoms with Gasteiger partial charge in [-0.3, -0.25) is 4.90 Å². The fourth-order valence-corrected chi connectivity index (χ4v) is 2.48. The number of carbonyl (C=O) groups is 1. The number of amides is 1. The van der Waals surface area contributed by atoms with Crippen LogP contribution >= 0.6 is 0 Å². The number of carboxylic acid groups (broad SMARTS) is 1. The molecule has 1 aliphatic rings. The van der Waals surface area contributed by atoms with Gasteiger partial charge in [0.2, 0.25) is 0 Å². The van der Waals surface area contributed by atoms with Crippen molar-refractivity contribution in [2.24, 2.45) is 0 Å². The molecule has 5 nitrogen and oxygen atoms in total. The number of likely N-dealkylation sites (tertiary alicyclic amines) is 1. The van der Waals surface area contributed by atoms with Crippen LogP contribution in [0.3, 0.4) is 0 Å². The second kappa shape index (κ2) is 6.04. The number of hydrogen-bond donors (Lipinski definition) is 1. The van der Waals surface area contributed by atoms with Crippen LogP contribution in [0.15, 0.2) is 30.3 Å². The summed E-state index contributed by atoms with van der Waals surface area (Å²) in [5, 5.41) is 9.26. The van der Waals surface area contributed by atoms with Gasteiger partial charge in [0.25, 0.3) is 0 Å². The first kappa shape index (κ1) is 13.8. The molecule has 1 heterocycles. The molecule has 1 amide bonds. The maximum atomic E-state index is 11.3.